The van der Waals surface area contributed by atoms with Gasteiger partial charge in [0, 0.05) is 6.20 Å². The van der Waals surface area contributed by atoms with Crippen LogP contribution in [0.3, 0.4) is 0 Å². The van der Waals surface area contributed by atoms with Gasteiger partial charge in [-0.25, -0.2) is 9.18 Å². The van der Waals surface area contributed by atoms with E-state index in [4.69, 9.17) is 21.0 Å². The topological polar surface area (TPSA) is 68.7 Å². The van der Waals surface area contributed by atoms with Crippen LogP contribution in [0.15, 0.2) is 24.4 Å². The van der Waals surface area contributed by atoms with E-state index in [1.165, 1.54) is 0 Å². The first-order chi connectivity index (χ1) is 12.2. The van der Waals surface area contributed by atoms with Gasteiger partial charge in [0.15, 0.2) is 0 Å². The first kappa shape index (κ1) is 18.6. The highest BCUT2D eigenvalue weighted by Gasteiger charge is 2.32. The smallest absolute Gasteiger partial charge is 0.455 e. The van der Waals surface area contributed by atoms with Crippen molar-refractivity contribution in [3.8, 4) is 0 Å². The Kier molecular flexibility index (Phi) is 4.91. The quantitative estimate of drug-likeness (QED) is 0.496. The molecule has 136 valence electrons. The van der Waals surface area contributed by atoms with Crippen LogP contribution in [0.5, 0.6) is 0 Å². The van der Waals surface area contributed by atoms with E-state index in [9.17, 15) is 27.4 Å². The summed E-state index contributed by atoms with van der Waals surface area (Å²) in [5, 5.41) is 9.26. The average molecular weight is 389 g/mol. The Hall–Kier alpha value is -2.17. The summed E-state index contributed by atoms with van der Waals surface area (Å²) in [5.41, 5.74) is -0.964. The van der Waals surface area contributed by atoms with Crippen LogP contribution in [-0.2, 0) is 28.8 Å². The number of ether oxygens (including phenoxy) is 1. The number of pyridine rings is 1. The molecule has 1 aromatic carbocycles. The zero-order chi connectivity index (χ0) is 19.1. The number of fused-ring (bicyclic) bond motifs is 1. The third-order valence-corrected chi connectivity index (χ3v) is 4.02. The molecule has 1 aliphatic heterocycles. The molecule has 0 saturated carbocycles. The fraction of sp³-hybridized carbons (Fsp3) is 0.200. The van der Waals surface area contributed by atoms with Gasteiger partial charge in [-0.2, -0.15) is 13.2 Å². The van der Waals surface area contributed by atoms with Gasteiger partial charge in [-0.1, -0.05) is 11.6 Å². The fourth-order valence-corrected chi connectivity index (χ4v) is 2.56. The maximum absolute atomic E-state index is 14.0. The minimum atomic E-state index is -4.61. The highest BCUT2D eigenvalue weighted by molar-refractivity contribution is 6.61. The monoisotopic (exact) mass is 389 g/mol. The molecule has 0 radical (unpaired) electrons. The summed E-state index contributed by atoms with van der Waals surface area (Å²) < 4.78 is 61.5. The predicted octanol–water partition coefficient (Wildman–Crippen LogP) is 2.47. The summed E-state index contributed by atoms with van der Waals surface area (Å²) in [6.45, 7) is -0.542. The molecule has 0 bridgehead atoms. The van der Waals surface area contributed by atoms with Crippen LogP contribution in [0, 0.1) is 5.82 Å². The van der Waals surface area contributed by atoms with Crippen molar-refractivity contribution in [1.29, 1.82) is 0 Å². The molecule has 0 unspecified atom stereocenters. The van der Waals surface area contributed by atoms with E-state index in [0.29, 0.717) is 17.8 Å². The molecule has 2 aromatic rings. The molecule has 0 atom stereocenters. The molecule has 2 heterocycles. The summed E-state index contributed by atoms with van der Waals surface area (Å²) in [6.07, 6.45) is -4.05. The number of halogens is 5. The number of esters is 1. The number of benzene rings is 1. The first-order valence-corrected chi connectivity index (χ1v) is 7.55. The molecule has 5 nitrogen and oxygen atoms in total. The van der Waals surface area contributed by atoms with Crippen molar-refractivity contribution in [1.82, 2.24) is 4.98 Å². The minimum Gasteiger partial charge on any atom is -0.455 e. The number of carbonyl (C=O) groups is 1. The maximum atomic E-state index is 14.0. The molecule has 0 aliphatic carbocycles. The lowest BCUT2D eigenvalue weighted by atomic mass is 9.78. The molecular formula is C15H9BClF4NO4. The van der Waals surface area contributed by atoms with Crippen LogP contribution in [0.4, 0.5) is 17.6 Å². The molecule has 0 spiro atoms. The van der Waals surface area contributed by atoms with Crippen molar-refractivity contribution in [2.75, 3.05) is 0 Å². The van der Waals surface area contributed by atoms with Crippen molar-refractivity contribution in [2.24, 2.45) is 0 Å². The summed E-state index contributed by atoms with van der Waals surface area (Å²) in [5.74, 6) is -1.96. The van der Waals surface area contributed by atoms with Gasteiger partial charge in [0.25, 0.3) is 0 Å². The second-order valence-corrected chi connectivity index (χ2v) is 5.83. The molecule has 1 N–H and O–H groups in total. The van der Waals surface area contributed by atoms with E-state index in [0.717, 1.165) is 12.1 Å². The number of nitrogens with zero attached hydrogens (tertiary/aromatic N) is 1. The normalized spacial score (nSPS) is 13.7. The lowest BCUT2D eigenvalue weighted by molar-refractivity contribution is -0.137. The lowest BCUT2D eigenvalue weighted by Crippen LogP contribution is -2.29. The van der Waals surface area contributed by atoms with E-state index in [-0.39, 0.29) is 22.8 Å². The number of rotatable bonds is 3. The second kappa shape index (κ2) is 6.86. The van der Waals surface area contributed by atoms with Crippen molar-refractivity contribution in [3.05, 3.63) is 57.6 Å². The zero-order valence-electron chi connectivity index (χ0n) is 12.8. The van der Waals surface area contributed by atoms with Gasteiger partial charge in [-0.15, -0.1) is 0 Å². The number of carbonyl (C=O) groups excluding carboxylic acids is 1. The first-order valence-electron chi connectivity index (χ1n) is 7.17. The number of alkyl halides is 3. The largest absolute Gasteiger partial charge is 0.491 e. The van der Waals surface area contributed by atoms with E-state index in [2.05, 4.69) is 4.98 Å². The molecular weight excluding hydrogens is 380 g/mol. The number of aromatic nitrogens is 1. The second-order valence-electron chi connectivity index (χ2n) is 5.42. The maximum Gasteiger partial charge on any atom is 0.491 e. The lowest BCUT2D eigenvalue weighted by Gasteiger charge is -2.10. The van der Waals surface area contributed by atoms with E-state index in [1.807, 2.05) is 0 Å². The number of hydrogen-bond donors (Lipinski definition) is 1. The molecule has 0 fully saturated rings. The summed E-state index contributed by atoms with van der Waals surface area (Å²) in [4.78, 5) is 15.6. The van der Waals surface area contributed by atoms with E-state index >= 15 is 0 Å². The van der Waals surface area contributed by atoms with Crippen LogP contribution >= 0.6 is 11.6 Å². The predicted molar refractivity (Wildman–Crippen MR) is 82.2 cm³/mol. The Morgan fingerprint density at radius 2 is 2.12 bits per heavy atom. The molecule has 11 heteroatoms. The standard InChI is InChI=1S/C15H9BClF4NO4/c17-11-2-8(15(19,20)21)4-22-13(11)6-25-14(23)9-3-10-7(1-12(9)18)5-26-16(10)24/h1-4,24H,5-6H2. The Morgan fingerprint density at radius 3 is 2.77 bits per heavy atom. The van der Waals surface area contributed by atoms with E-state index in [1.54, 1.807) is 0 Å². The third kappa shape index (κ3) is 3.67. The molecule has 1 aromatic heterocycles. The Labute approximate surface area is 149 Å². The van der Waals surface area contributed by atoms with Gasteiger partial charge < -0.3 is 14.4 Å². The molecule has 1 aliphatic rings. The van der Waals surface area contributed by atoms with Crippen molar-refractivity contribution in [3.63, 3.8) is 0 Å². The molecule has 3 rings (SSSR count). The summed E-state index contributed by atoms with van der Waals surface area (Å²) in [7, 11) is -1.27. The van der Waals surface area contributed by atoms with Gasteiger partial charge >= 0.3 is 19.3 Å². The Morgan fingerprint density at radius 1 is 1.38 bits per heavy atom. The van der Waals surface area contributed by atoms with Gasteiger partial charge in [0.05, 0.1) is 28.5 Å². The number of hydrogen-bond acceptors (Lipinski definition) is 5. The molecule has 26 heavy (non-hydrogen) atoms. The summed E-state index contributed by atoms with van der Waals surface area (Å²) in [6, 6.07) is 2.80. The zero-order valence-corrected chi connectivity index (χ0v) is 13.6. The van der Waals surface area contributed by atoms with Gasteiger partial charge in [0.1, 0.15) is 12.4 Å². The van der Waals surface area contributed by atoms with E-state index < -0.39 is 42.8 Å². The highest BCUT2D eigenvalue weighted by Crippen LogP contribution is 2.31. The molecule has 0 saturated heterocycles. The Bertz CT molecular complexity index is 877. The van der Waals surface area contributed by atoms with Crippen LogP contribution in [-0.4, -0.2) is 23.1 Å². The van der Waals surface area contributed by atoms with Gasteiger partial charge in [-0.05, 0) is 29.2 Å². The van der Waals surface area contributed by atoms with Crippen LogP contribution in [0.1, 0.15) is 27.2 Å². The average Bonchev–Trinajstić information content (AvgIpc) is 2.92. The van der Waals surface area contributed by atoms with Gasteiger partial charge in [-0.3, -0.25) is 4.98 Å². The Balaban J connectivity index is 1.75. The van der Waals surface area contributed by atoms with Gasteiger partial charge in [0.2, 0.25) is 0 Å². The van der Waals surface area contributed by atoms with Crippen molar-refractivity contribution in [2.45, 2.75) is 19.4 Å². The van der Waals surface area contributed by atoms with Crippen LogP contribution in [0.25, 0.3) is 0 Å². The van der Waals surface area contributed by atoms with Crippen LogP contribution < -0.4 is 5.46 Å². The fourth-order valence-electron chi connectivity index (χ4n) is 2.34. The molecule has 0 amide bonds. The third-order valence-electron chi connectivity index (χ3n) is 3.70. The SMILES string of the molecule is O=C(OCc1ncc(C(F)(F)F)cc1Cl)c1cc2c(cc1F)COB2O. The minimum absolute atomic E-state index is 0.00777. The summed E-state index contributed by atoms with van der Waals surface area (Å²) >= 11 is 5.71. The van der Waals surface area contributed by atoms with Crippen molar-refractivity contribution < 1.29 is 36.8 Å². The van der Waals surface area contributed by atoms with Crippen molar-refractivity contribution >= 4 is 30.2 Å². The van der Waals surface area contributed by atoms with Crippen LogP contribution in [0.2, 0.25) is 5.02 Å². The highest BCUT2D eigenvalue weighted by atomic mass is 35.5.